The maximum absolute atomic E-state index is 12.0. The number of aliphatic hydroxyl groups is 3. The van der Waals surface area contributed by atoms with E-state index in [4.69, 9.17) is 14.2 Å². The topological polar surface area (TPSA) is 140 Å². The Balaban J connectivity index is 6.27. The molecule has 0 aliphatic heterocycles. The van der Waals surface area contributed by atoms with Gasteiger partial charge in [-0.1, -0.05) is 0 Å². The van der Waals surface area contributed by atoms with Crippen molar-refractivity contribution in [2.24, 2.45) is 0 Å². The van der Waals surface area contributed by atoms with Gasteiger partial charge >= 0.3 is 0 Å². The number of methoxy groups -OCH3 is 3. The van der Waals surface area contributed by atoms with Crippen LogP contribution in [0.5, 0.6) is 0 Å². The highest BCUT2D eigenvalue weighted by atomic mass is 16.6. The van der Waals surface area contributed by atoms with E-state index in [-0.39, 0.29) is 0 Å². The second-order valence-corrected chi connectivity index (χ2v) is 5.62. The summed E-state index contributed by atoms with van der Waals surface area (Å²) in [5.41, 5.74) is -5.03. The number of ketones is 3. The third kappa shape index (κ3) is 4.05. The number of carbonyl (C=O) groups is 3. The van der Waals surface area contributed by atoms with E-state index in [0.717, 1.165) is 35.0 Å². The zero-order chi connectivity index (χ0) is 19.3. The number of hydrogen-bond donors (Lipinski definition) is 3. The van der Waals surface area contributed by atoms with Crippen molar-refractivity contribution in [2.45, 2.75) is 50.3 Å². The van der Waals surface area contributed by atoms with E-state index in [1.165, 1.54) is 7.11 Å². The lowest BCUT2D eigenvalue weighted by Crippen LogP contribution is -2.69. The summed E-state index contributed by atoms with van der Waals surface area (Å²) in [6, 6.07) is 0. The summed E-state index contributed by atoms with van der Waals surface area (Å²) in [5, 5.41) is 31.4. The second-order valence-electron chi connectivity index (χ2n) is 5.62. The van der Waals surface area contributed by atoms with Crippen LogP contribution >= 0.6 is 0 Å². The van der Waals surface area contributed by atoms with Crippen LogP contribution < -0.4 is 0 Å². The molecule has 0 aliphatic carbocycles. The molecular formula is C15H26O9. The van der Waals surface area contributed by atoms with Gasteiger partial charge in [-0.05, 0) is 20.8 Å². The average molecular weight is 350 g/mol. The summed E-state index contributed by atoms with van der Waals surface area (Å²) in [6.07, 6.45) is -5.48. The molecule has 0 rings (SSSR count). The summed E-state index contributed by atoms with van der Waals surface area (Å²) in [5.74, 6) is -2.67. The molecule has 5 unspecified atom stereocenters. The summed E-state index contributed by atoms with van der Waals surface area (Å²) >= 11 is 0. The monoisotopic (exact) mass is 350 g/mol. The Morgan fingerprint density at radius 1 is 0.917 bits per heavy atom. The van der Waals surface area contributed by atoms with Crippen molar-refractivity contribution < 1.29 is 43.9 Å². The number of ether oxygens (including phenoxy) is 3. The predicted octanol–water partition coefficient (Wildman–Crippen LogP) is -1.75. The number of carbonyl (C=O) groups excluding carboxylic acids is 3. The lowest BCUT2D eigenvalue weighted by Gasteiger charge is -2.44. The van der Waals surface area contributed by atoms with Gasteiger partial charge in [-0.3, -0.25) is 14.4 Å². The molecule has 0 heterocycles. The Bertz CT molecular complexity index is 478. The van der Waals surface area contributed by atoms with Gasteiger partial charge in [0.15, 0.2) is 34.7 Å². The highest BCUT2D eigenvalue weighted by molar-refractivity contribution is 5.95. The van der Waals surface area contributed by atoms with Gasteiger partial charge < -0.3 is 29.5 Å². The van der Waals surface area contributed by atoms with Crippen molar-refractivity contribution in [3.63, 3.8) is 0 Å². The Morgan fingerprint density at radius 2 is 1.38 bits per heavy atom. The van der Waals surface area contributed by atoms with E-state index in [2.05, 4.69) is 0 Å². The maximum atomic E-state index is 12.0. The molecule has 0 radical (unpaired) electrons. The van der Waals surface area contributed by atoms with Crippen LogP contribution in [0.4, 0.5) is 0 Å². The number of rotatable bonds is 11. The van der Waals surface area contributed by atoms with Crippen LogP contribution in [0.15, 0.2) is 0 Å². The molecule has 0 fully saturated rings. The molecule has 0 spiro atoms. The van der Waals surface area contributed by atoms with E-state index in [1.807, 2.05) is 0 Å². The van der Waals surface area contributed by atoms with Crippen molar-refractivity contribution in [3.8, 4) is 0 Å². The quantitative estimate of drug-likeness (QED) is 0.396. The van der Waals surface area contributed by atoms with Crippen molar-refractivity contribution in [1.82, 2.24) is 0 Å². The third-order valence-electron chi connectivity index (χ3n) is 4.03. The summed E-state index contributed by atoms with van der Waals surface area (Å²) in [6.45, 7) is 2.45. The highest BCUT2D eigenvalue weighted by Crippen LogP contribution is 2.31. The molecule has 140 valence electrons. The first-order valence-electron chi connectivity index (χ1n) is 7.14. The first kappa shape index (κ1) is 22.8. The maximum Gasteiger partial charge on any atom is 0.184 e. The molecule has 9 heteroatoms. The molecule has 0 aromatic rings. The van der Waals surface area contributed by atoms with Gasteiger partial charge in [-0.2, -0.15) is 0 Å². The largest absolute Gasteiger partial charge is 0.382 e. The average Bonchev–Trinajstić information content (AvgIpc) is 2.50. The van der Waals surface area contributed by atoms with Crippen molar-refractivity contribution in [3.05, 3.63) is 0 Å². The molecule has 0 aliphatic rings. The highest BCUT2D eigenvalue weighted by Gasteiger charge is 2.59. The van der Waals surface area contributed by atoms with Gasteiger partial charge in [0.25, 0.3) is 0 Å². The number of Topliss-reactive ketones (excluding diaryl/α,β-unsaturated/α-hetero) is 3. The van der Waals surface area contributed by atoms with Crippen molar-refractivity contribution in [2.75, 3.05) is 27.9 Å². The zero-order valence-corrected chi connectivity index (χ0v) is 14.7. The number of aliphatic hydroxyl groups excluding tert-OH is 1. The molecule has 24 heavy (non-hydrogen) atoms. The SMILES string of the molecule is COCC(O)(C(C)=O)C(OC)C(OC)C(O)(C(C)=O)C(O)C(C)=O. The third-order valence-corrected chi connectivity index (χ3v) is 4.03. The molecule has 0 amide bonds. The standard InChI is InChI=1S/C15H26O9/c1-8(16)11(19)15(21,10(3)18)13(24-6)12(23-5)14(20,7-22-4)9(2)17/h11-13,19-21H,7H2,1-6H3. The van der Waals surface area contributed by atoms with Gasteiger partial charge in [-0.15, -0.1) is 0 Å². The molecule has 3 N–H and O–H groups in total. The molecular weight excluding hydrogens is 324 g/mol. The lowest BCUT2D eigenvalue weighted by molar-refractivity contribution is -0.227. The van der Waals surface area contributed by atoms with Crippen LogP contribution in [0.25, 0.3) is 0 Å². The van der Waals surface area contributed by atoms with Crippen molar-refractivity contribution >= 4 is 17.3 Å². The van der Waals surface area contributed by atoms with Crippen LogP contribution in [0, 0.1) is 0 Å². The minimum Gasteiger partial charge on any atom is -0.382 e. The van der Waals surface area contributed by atoms with Crippen molar-refractivity contribution in [1.29, 1.82) is 0 Å². The van der Waals surface area contributed by atoms with E-state index in [0.29, 0.717) is 0 Å². The van der Waals surface area contributed by atoms with Gasteiger partial charge in [0.05, 0.1) is 6.61 Å². The second kappa shape index (κ2) is 8.75. The lowest BCUT2D eigenvalue weighted by atomic mass is 9.76. The first-order valence-corrected chi connectivity index (χ1v) is 7.14. The fraction of sp³-hybridized carbons (Fsp3) is 0.800. The number of hydrogen-bond acceptors (Lipinski definition) is 9. The Kier molecular flexibility index (Phi) is 8.30. The van der Waals surface area contributed by atoms with Gasteiger partial charge in [0, 0.05) is 21.3 Å². The summed E-state index contributed by atoms with van der Waals surface area (Å²) < 4.78 is 15.0. The normalized spacial score (nSPS) is 20.4. The van der Waals surface area contributed by atoms with Gasteiger partial charge in [0.1, 0.15) is 12.2 Å². The molecule has 0 aromatic carbocycles. The Labute approximate surface area is 140 Å². The predicted molar refractivity (Wildman–Crippen MR) is 81.4 cm³/mol. The Morgan fingerprint density at radius 3 is 1.62 bits per heavy atom. The van der Waals surface area contributed by atoms with Gasteiger partial charge in [-0.25, -0.2) is 0 Å². The minimum atomic E-state index is -2.74. The van der Waals surface area contributed by atoms with E-state index in [9.17, 15) is 29.7 Å². The smallest absolute Gasteiger partial charge is 0.184 e. The molecule has 5 atom stereocenters. The molecule has 0 aromatic heterocycles. The van der Waals surface area contributed by atoms with Crippen LogP contribution in [0.3, 0.4) is 0 Å². The van der Waals surface area contributed by atoms with E-state index >= 15 is 0 Å². The van der Waals surface area contributed by atoms with Crippen LogP contribution in [0.2, 0.25) is 0 Å². The molecule has 0 saturated carbocycles. The fourth-order valence-corrected chi connectivity index (χ4v) is 2.57. The fourth-order valence-electron chi connectivity index (χ4n) is 2.57. The van der Waals surface area contributed by atoms with Crippen LogP contribution in [0.1, 0.15) is 20.8 Å². The summed E-state index contributed by atoms with van der Waals surface area (Å²) in [7, 11) is 3.41. The molecule has 9 nitrogen and oxygen atoms in total. The summed E-state index contributed by atoms with van der Waals surface area (Å²) in [4.78, 5) is 35.4. The molecule has 0 bridgehead atoms. The molecule has 0 saturated heterocycles. The van der Waals surface area contributed by atoms with Crippen LogP contribution in [-0.4, -0.2) is 90.1 Å². The van der Waals surface area contributed by atoms with E-state index in [1.54, 1.807) is 0 Å². The first-order chi connectivity index (χ1) is 10.9. The van der Waals surface area contributed by atoms with Crippen LogP contribution in [-0.2, 0) is 28.6 Å². The zero-order valence-electron chi connectivity index (χ0n) is 14.7. The van der Waals surface area contributed by atoms with E-state index < -0.39 is 53.5 Å². The minimum absolute atomic E-state index is 0.523. The Hall–Kier alpha value is -1.23. The van der Waals surface area contributed by atoms with Gasteiger partial charge in [0.2, 0.25) is 0 Å².